The maximum absolute atomic E-state index is 11.7. The van der Waals surface area contributed by atoms with Crippen LogP contribution in [0.4, 0.5) is 0 Å². The van der Waals surface area contributed by atoms with Gasteiger partial charge >= 0.3 is 0 Å². The molecule has 3 nitrogen and oxygen atoms in total. The molecule has 1 unspecified atom stereocenters. The third-order valence-corrected chi connectivity index (χ3v) is 3.43. The van der Waals surface area contributed by atoms with Gasteiger partial charge in [-0.3, -0.25) is 4.79 Å². The second-order valence-electron chi connectivity index (χ2n) is 3.50. The zero-order valence-corrected chi connectivity index (χ0v) is 10.9. The Labute approximate surface area is 103 Å². The first-order valence-electron chi connectivity index (χ1n) is 4.73. The Morgan fingerprint density at radius 1 is 1.60 bits per heavy atom. The van der Waals surface area contributed by atoms with Crippen molar-refractivity contribution < 1.29 is 9.90 Å². The molecule has 0 heterocycles. The number of halogens is 1. The molecule has 0 aliphatic heterocycles. The Morgan fingerprint density at radius 2 is 2.27 bits per heavy atom. The fourth-order valence-corrected chi connectivity index (χ4v) is 1.76. The Kier molecular flexibility index (Phi) is 4.53. The van der Waals surface area contributed by atoms with Crippen molar-refractivity contribution in [1.82, 2.24) is 5.32 Å². The average molecular weight is 319 g/mol. The highest BCUT2D eigenvalue weighted by Crippen LogP contribution is 2.16. The van der Waals surface area contributed by atoms with Crippen molar-refractivity contribution in [3.63, 3.8) is 0 Å². The van der Waals surface area contributed by atoms with Crippen LogP contribution in [-0.2, 0) is 0 Å². The van der Waals surface area contributed by atoms with Crippen molar-refractivity contribution in [3.05, 3.63) is 32.9 Å². The number of aliphatic hydroxyl groups excluding tert-OH is 1. The molecule has 15 heavy (non-hydrogen) atoms. The second-order valence-corrected chi connectivity index (χ2v) is 4.57. The van der Waals surface area contributed by atoms with Crippen molar-refractivity contribution in [1.29, 1.82) is 0 Å². The van der Waals surface area contributed by atoms with E-state index >= 15 is 0 Å². The number of carbonyl (C=O) groups is 1. The smallest absolute Gasteiger partial charge is 0.252 e. The molecule has 1 rings (SSSR count). The Morgan fingerprint density at radius 3 is 2.87 bits per heavy atom. The van der Waals surface area contributed by atoms with Crippen LogP contribution in [-0.4, -0.2) is 23.7 Å². The lowest BCUT2D eigenvalue weighted by molar-refractivity contribution is 0.0923. The summed E-state index contributed by atoms with van der Waals surface area (Å²) in [6.45, 7) is 3.89. The molecule has 0 saturated heterocycles. The van der Waals surface area contributed by atoms with Crippen LogP contribution in [0.25, 0.3) is 0 Å². The van der Waals surface area contributed by atoms with Gasteiger partial charge in [0.25, 0.3) is 5.91 Å². The first-order chi connectivity index (χ1) is 7.02. The summed E-state index contributed by atoms with van der Waals surface area (Å²) in [6.07, 6.45) is -0.517. The van der Waals surface area contributed by atoms with Gasteiger partial charge < -0.3 is 10.4 Å². The third kappa shape index (κ3) is 3.46. The van der Waals surface area contributed by atoms with Crippen LogP contribution >= 0.6 is 22.6 Å². The monoisotopic (exact) mass is 319 g/mol. The lowest BCUT2D eigenvalue weighted by Crippen LogP contribution is -2.31. The Bertz CT molecular complexity index is 364. The predicted octanol–water partition coefficient (Wildman–Crippen LogP) is 1.71. The number of nitrogens with one attached hydrogen (secondary N) is 1. The minimum Gasteiger partial charge on any atom is -0.392 e. The molecule has 0 aliphatic carbocycles. The molecule has 1 atom stereocenters. The van der Waals surface area contributed by atoms with Gasteiger partial charge in [-0.15, -0.1) is 0 Å². The highest BCUT2D eigenvalue weighted by atomic mass is 127. The molecule has 0 aromatic heterocycles. The second kappa shape index (κ2) is 5.46. The third-order valence-electron chi connectivity index (χ3n) is 1.99. The minimum absolute atomic E-state index is 0.135. The number of aryl methyl sites for hydroxylation is 1. The molecule has 1 amide bonds. The van der Waals surface area contributed by atoms with E-state index in [4.69, 9.17) is 5.11 Å². The largest absolute Gasteiger partial charge is 0.392 e. The van der Waals surface area contributed by atoms with E-state index in [-0.39, 0.29) is 12.5 Å². The number of amides is 1. The van der Waals surface area contributed by atoms with Crippen molar-refractivity contribution >= 4 is 28.5 Å². The van der Waals surface area contributed by atoms with Gasteiger partial charge in [-0.05, 0) is 48.1 Å². The molecular weight excluding hydrogens is 305 g/mol. The summed E-state index contributed by atoms with van der Waals surface area (Å²) >= 11 is 2.15. The van der Waals surface area contributed by atoms with Crippen LogP contribution in [0.2, 0.25) is 0 Å². The molecule has 0 saturated carbocycles. The van der Waals surface area contributed by atoms with Crippen molar-refractivity contribution in [2.24, 2.45) is 0 Å². The molecule has 0 aliphatic rings. The molecule has 0 spiro atoms. The topological polar surface area (TPSA) is 49.3 Å². The van der Waals surface area contributed by atoms with E-state index < -0.39 is 6.10 Å². The van der Waals surface area contributed by atoms with Gasteiger partial charge in [-0.25, -0.2) is 0 Å². The molecule has 0 radical (unpaired) electrons. The summed E-state index contributed by atoms with van der Waals surface area (Å²) in [7, 11) is 0. The van der Waals surface area contributed by atoms with E-state index in [1.54, 1.807) is 13.0 Å². The SMILES string of the molecule is Cc1cccc(C(=O)NCC(C)O)c1I. The molecule has 1 aromatic rings. The summed E-state index contributed by atoms with van der Waals surface area (Å²) in [4.78, 5) is 11.7. The fourth-order valence-electron chi connectivity index (χ4n) is 1.16. The highest BCUT2D eigenvalue weighted by Gasteiger charge is 2.10. The van der Waals surface area contributed by atoms with Gasteiger partial charge in [0.05, 0.1) is 11.7 Å². The lowest BCUT2D eigenvalue weighted by atomic mass is 10.1. The van der Waals surface area contributed by atoms with E-state index in [1.165, 1.54) is 0 Å². The van der Waals surface area contributed by atoms with Gasteiger partial charge in [-0.1, -0.05) is 12.1 Å². The molecular formula is C11H14INO2. The maximum Gasteiger partial charge on any atom is 0.252 e. The first kappa shape index (κ1) is 12.4. The summed E-state index contributed by atoms with van der Waals surface area (Å²) in [5.74, 6) is -0.135. The zero-order valence-electron chi connectivity index (χ0n) is 8.75. The van der Waals surface area contributed by atoms with E-state index in [2.05, 4.69) is 27.9 Å². The van der Waals surface area contributed by atoms with E-state index in [9.17, 15) is 4.79 Å². The van der Waals surface area contributed by atoms with E-state index in [1.807, 2.05) is 19.1 Å². The molecule has 0 bridgehead atoms. The number of hydrogen-bond donors (Lipinski definition) is 2. The minimum atomic E-state index is -0.517. The molecule has 4 heteroatoms. The van der Waals surface area contributed by atoms with E-state index in [0.717, 1.165) is 9.13 Å². The normalized spacial score (nSPS) is 12.3. The predicted molar refractivity (Wildman–Crippen MR) is 67.9 cm³/mol. The molecule has 82 valence electrons. The van der Waals surface area contributed by atoms with E-state index in [0.29, 0.717) is 5.56 Å². The molecule has 2 N–H and O–H groups in total. The fraction of sp³-hybridized carbons (Fsp3) is 0.364. The van der Waals surface area contributed by atoms with Crippen LogP contribution in [0.15, 0.2) is 18.2 Å². The summed E-state index contributed by atoms with van der Waals surface area (Å²) in [5, 5.41) is 11.7. The van der Waals surface area contributed by atoms with Gasteiger partial charge in [0.1, 0.15) is 0 Å². The van der Waals surface area contributed by atoms with Crippen molar-refractivity contribution in [2.45, 2.75) is 20.0 Å². The number of benzene rings is 1. The zero-order chi connectivity index (χ0) is 11.4. The quantitative estimate of drug-likeness (QED) is 0.834. The number of hydrogen-bond acceptors (Lipinski definition) is 2. The van der Waals surface area contributed by atoms with Gasteiger partial charge in [-0.2, -0.15) is 0 Å². The number of carbonyl (C=O) groups excluding carboxylic acids is 1. The highest BCUT2D eigenvalue weighted by molar-refractivity contribution is 14.1. The summed E-state index contributed by atoms with van der Waals surface area (Å²) < 4.78 is 0.957. The average Bonchev–Trinajstić information content (AvgIpc) is 2.18. The summed E-state index contributed by atoms with van der Waals surface area (Å²) in [5.41, 5.74) is 1.75. The molecule has 1 aromatic carbocycles. The number of rotatable bonds is 3. The van der Waals surface area contributed by atoms with Crippen LogP contribution in [0.1, 0.15) is 22.8 Å². The van der Waals surface area contributed by atoms with Crippen molar-refractivity contribution in [3.8, 4) is 0 Å². The van der Waals surface area contributed by atoms with Crippen LogP contribution < -0.4 is 5.32 Å². The van der Waals surface area contributed by atoms with Gasteiger partial charge in [0.15, 0.2) is 0 Å². The molecule has 0 fully saturated rings. The van der Waals surface area contributed by atoms with Gasteiger partial charge in [0.2, 0.25) is 0 Å². The standard InChI is InChI=1S/C11H14INO2/c1-7-4-3-5-9(10(7)12)11(15)13-6-8(2)14/h3-5,8,14H,6H2,1-2H3,(H,13,15). The lowest BCUT2D eigenvalue weighted by Gasteiger charge is -2.09. The van der Waals surface area contributed by atoms with Gasteiger partial charge in [0, 0.05) is 10.1 Å². The van der Waals surface area contributed by atoms with Crippen LogP contribution in [0.3, 0.4) is 0 Å². The summed E-state index contributed by atoms with van der Waals surface area (Å²) in [6, 6.07) is 5.61. The van der Waals surface area contributed by atoms with Crippen LogP contribution in [0.5, 0.6) is 0 Å². The maximum atomic E-state index is 11.7. The van der Waals surface area contributed by atoms with Crippen LogP contribution in [0, 0.1) is 10.5 Å². The Balaban J connectivity index is 2.78. The number of aliphatic hydroxyl groups is 1. The van der Waals surface area contributed by atoms with Crippen molar-refractivity contribution in [2.75, 3.05) is 6.54 Å². The first-order valence-corrected chi connectivity index (χ1v) is 5.81. The Hall–Kier alpha value is -0.620.